The predicted molar refractivity (Wildman–Crippen MR) is 71.4 cm³/mol. The van der Waals surface area contributed by atoms with Gasteiger partial charge in [0.2, 0.25) is 0 Å². The third-order valence-corrected chi connectivity index (χ3v) is 4.95. The molecule has 19 heavy (non-hydrogen) atoms. The summed E-state index contributed by atoms with van der Waals surface area (Å²) < 4.78 is 39.3. The lowest BCUT2D eigenvalue weighted by molar-refractivity contribution is 0.330. The van der Waals surface area contributed by atoms with Gasteiger partial charge in [-0.15, -0.1) is 0 Å². The summed E-state index contributed by atoms with van der Waals surface area (Å²) in [5.41, 5.74) is 0.573. The molecule has 0 bridgehead atoms. The average molecular weight is 306 g/mol. The average Bonchev–Trinajstić information content (AvgIpc) is 2.36. The molecule has 1 rings (SSSR count). The molecule has 1 unspecified atom stereocenters. The first kappa shape index (κ1) is 15.8. The van der Waals surface area contributed by atoms with Crippen molar-refractivity contribution in [3.05, 3.63) is 29.8 Å². The van der Waals surface area contributed by atoms with Gasteiger partial charge in [0.05, 0.1) is 4.90 Å². The lowest BCUT2D eigenvalue weighted by Crippen LogP contribution is -2.19. The third kappa shape index (κ3) is 4.14. The summed E-state index contributed by atoms with van der Waals surface area (Å²) in [5.74, 6) is 0. The molecule has 0 aliphatic rings. The molecule has 2 N–H and O–H groups in total. The third-order valence-electron chi connectivity index (χ3n) is 2.32. The highest BCUT2D eigenvalue weighted by atomic mass is 32.2. The van der Waals surface area contributed by atoms with E-state index in [0.717, 1.165) is 12.7 Å². The minimum Gasteiger partial charge on any atom is -0.320 e. The summed E-state index contributed by atoms with van der Waals surface area (Å²) in [4.78, 5) is 11.2. The van der Waals surface area contributed by atoms with Crippen LogP contribution in [0.25, 0.3) is 0 Å². The summed E-state index contributed by atoms with van der Waals surface area (Å²) in [5, 5.41) is 3.38. The van der Waals surface area contributed by atoms with Gasteiger partial charge in [-0.1, -0.05) is 17.7 Å². The Kier molecular flexibility index (Phi) is 4.86. The van der Waals surface area contributed by atoms with Crippen LogP contribution in [0.1, 0.15) is 12.5 Å². The van der Waals surface area contributed by atoms with Crippen molar-refractivity contribution in [2.45, 2.75) is 18.7 Å². The molecule has 0 aliphatic heterocycles. The van der Waals surface area contributed by atoms with Gasteiger partial charge >= 0.3 is 7.60 Å². The minimum absolute atomic E-state index is 0.0137. The van der Waals surface area contributed by atoms with Crippen LogP contribution < -0.4 is 4.83 Å². The fraction of sp³-hybridized carbons (Fsp3) is 0.300. The number of benzene rings is 1. The number of nitrogens with one attached hydrogen (secondary N) is 1. The highest BCUT2D eigenvalue weighted by molar-refractivity contribution is 7.89. The van der Waals surface area contributed by atoms with Gasteiger partial charge in [-0.25, -0.2) is 0 Å². The van der Waals surface area contributed by atoms with E-state index in [9.17, 15) is 17.9 Å². The van der Waals surface area contributed by atoms with E-state index in [2.05, 4.69) is 9.63 Å². The van der Waals surface area contributed by atoms with E-state index >= 15 is 0 Å². The van der Waals surface area contributed by atoms with Gasteiger partial charge in [0.25, 0.3) is 10.0 Å². The van der Waals surface area contributed by atoms with E-state index in [1.54, 1.807) is 12.1 Å². The Balaban J connectivity index is 2.96. The zero-order valence-corrected chi connectivity index (χ0v) is 12.4. The number of hydrazone groups is 1. The van der Waals surface area contributed by atoms with Crippen molar-refractivity contribution in [2.24, 2.45) is 5.10 Å². The van der Waals surface area contributed by atoms with Gasteiger partial charge in [-0.05, 0) is 26.0 Å². The summed E-state index contributed by atoms with van der Waals surface area (Å²) in [6, 6.07) is 6.10. The SMILES string of the molecule is COP(=O)(O)/C(C)=N/NS(=O)(=O)c1ccc(C)cc1. The van der Waals surface area contributed by atoms with Crippen LogP contribution in [0.4, 0.5) is 0 Å². The van der Waals surface area contributed by atoms with Crippen molar-refractivity contribution < 1.29 is 22.4 Å². The maximum Gasteiger partial charge on any atom is 0.374 e. The topological polar surface area (TPSA) is 105 Å². The number of hydrogen-bond acceptors (Lipinski definition) is 5. The Morgan fingerprint density at radius 1 is 1.37 bits per heavy atom. The molecule has 0 aliphatic carbocycles. The Hall–Kier alpha value is -1.21. The van der Waals surface area contributed by atoms with Crippen molar-refractivity contribution in [1.82, 2.24) is 4.83 Å². The summed E-state index contributed by atoms with van der Waals surface area (Å²) in [6.45, 7) is 3.02. The zero-order valence-electron chi connectivity index (χ0n) is 10.7. The minimum atomic E-state index is -4.03. The first-order valence-electron chi connectivity index (χ1n) is 5.21. The van der Waals surface area contributed by atoms with Crippen LogP contribution in [0.5, 0.6) is 0 Å². The van der Waals surface area contributed by atoms with Crippen LogP contribution in [0.2, 0.25) is 0 Å². The first-order valence-corrected chi connectivity index (χ1v) is 8.27. The smallest absolute Gasteiger partial charge is 0.320 e. The van der Waals surface area contributed by atoms with E-state index < -0.39 is 17.6 Å². The van der Waals surface area contributed by atoms with Gasteiger partial charge < -0.3 is 9.42 Å². The van der Waals surface area contributed by atoms with E-state index in [1.807, 2.05) is 11.8 Å². The quantitative estimate of drug-likeness (QED) is 0.486. The molecule has 0 fully saturated rings. The molecule has 1 aromatic carbocycles. The van der Waals surface area contributed by atoms with Crippen molar-refractivity contribution in [2.75, 3.05) is 7.11 Å². The largest absolute Gasteiger partial charge is 0.374 e. The second-order valence-corrected chi connectivity index (χ2v) is 7.48. The lowest BCUT2D eigenvalue weighted by atomic mass is 10.2. The van der Waals surface area contributed by atoms with E-state index in [-0.39, 0.29) is 10.3 Å². The molecule has 0 amide bonds. The van der Waals surface area contributed by atoms with E-state index in [1.165, 1.54) is 19.1 Å². The van der Waals surface area contributed by atoms with Gasteiger partial charge in [0.15, 0.2) is 0 Å². The molecule has 9 heteroatoms. The summed E-state index contributed by atoms with van der Waals surface area (Å²) in [7, 11) is -6.86. The molecule has 7 nitrogen and oxygen atoms in total. The van der Waals surface area contributed by atoms with Crippen molar-refractivity contribution in [1.29, 1.82) is 0 Å². The molecule has 0 radical (unpaired) electrons. The molecule has 0 saturated heterocycles. The number of sulfonamides is 1. The van der Waals surface area contributed by atoms with Crippen LogP contribution in [0.3, 0.4) is 0 Å². The van der Waals surface area contributed by atoms with Gasteiger partial charge in [-0.2, -0.15) is 18.4 Å². The van der Waals surface area contributed by atoms with Crippen molar-refractivity contribution >= 4 is 23.1 Å². The number of nitrogens with zero attached hydrogens (tertiary/aromatic N) is 1. The molecule has 0 saturated carbocycles. The van der Waals surface area contributed by atoms with Gasteiger partial charge in [-0.3, -0.25) is 4.57 Å². The normalized spacial score (nSPS) is 15.9. The van der Waals surface area contributed by atoms with Crippen LogP contribution >= 0.6 is 7.60 Å². The fourth-order valence-electron chi connectivity index (χ4n) is 1.09. The fourth-order valence-corrected chi connectivity index (χ4v) is 2.46. The maximum absolute atomic E-state index is 11.8. The molecule has 106 valence electrons. The molecule has 1 aromatic rings. The van der Waals surface area contributed by atoms with Crippen LogP contribution in [-0.4, -0.2) is 25.9 Å². The number of rotatable bonds is 5. The van der Waals surface area contributed by atoms with Crippen LogP contribution in [0, 0.1) is 6.92 Å². The summed E-state index contributed by atoms with van der Waals surface area (Å²) in [6.07, 6.45) is 0. The summed E-state index contributed by atoms with van der Waals surface area (Å²) >= 11 is 0. The van der Waals surface area contributed by atoms with Crippen molar-refractivity contribution in [3.63, 3.8) is 0 Å². The van der Waals surface area contributed by atoms with Gasteiger partial charge in [0, 0.05) is 7.11 Å². The standard InChI is InChI=1S/C10H15N2O5PS/c1-8-4-6-10(7-5-8)19(15,16)12-11-9(2)18(13,14)17-3/h4-7,12H,1-3H3,(H,13,14)/b11-9+. The first-order chi connectivity index (χ1) is 8.69. The van der Waals surface area contributed by atoms with E-state index in [0.29, 0.717) is 0 Å². The lowest BCUT2D eigenvalue weighted by Gasteiger charge is -2.09. The number of hydrogen-bond donors (Lipinski definition) is 2. The molecular weight excluding hydrogens is 291 g/mol. The molecule has 0 spiro atoms. The second kappa shape index (κ2) is 5.83. The molecule has 0 aromatic heterocycles. The predicted octanol–water partition coefficient (Wildman–Crippen LogP) is 1.44. The Morgan fingerprint density at radius 3 is 2.37 bits per heavy atom. The highest BCUT2D eigenvalue weighted by Gasteiger charge is 2.23. The molecular formula is C10H15N2O5PS. The Morgan fingerprint density at radius 2 is 1.89 bits per heavy atom. The Labute approximate surface area is 111 Å². The monoisotopic (exact) mass is 306 g/mol. The van der Waals surface area contributed by atoms with Crippen LogP contribution in [-0.2, 0) is 19.1 Å². The molecule has 0 heterocycles. The number of aryl methyl sites for hydroxylation is 1. The molecule has 1 atom stereocenters. The van der Waals surface area contributed by atoms with Crippen LogP contribution in [0.15, 0.2) is 34.3 Å². The highest BCUT2D eigenvalue weighted by Crippen LogP contribution is 2.42. The Bertz CT molecular complexity index is 624. The zero-order chi connectivity index (χ0) is 14.7. The van der Waals surface area contributed by atoms with E-state index in [4.69, 9.17) is 0 Å². The van der Waals surface area contributed by atoms with Gasteiger partial charge in [0.1, 0.15) is 5.45 Å². The maximum atomic E-state index is 11.8. The van der Waals surface area contributed by atoms with Crippen molar-refractivity contribution in [3.8, 4) is 0 Å². The second-order valence-electron chi connectivity index (χ2n) is 3.77.